The van der Waals surface area contributed by atoms with Gasteiger partial charge in [-0.2, -0.15) is 0 Å². The molecule has 4 nitrogen and oxygen atoms in total. The molecule has 1 rings (SSSR count). The molecule has 0 fully saturated rings. The van der Waals surface area contributed by atoms with Crippen molar-refractivity contribution >= 4 is 21.4 Å². The second-order valence-electron chi connectivity index (χ2n) is 3.64. The first-order valence-corrected chi connectivity index (χ1v) is 6.97. The molecule has 0 atom stereocenters. The zero-order chi connectivity index (χ0) is 12.2. The first-order valence-electron chi connectivity index (χ1n) is 4.91. The van der Waals surface area contributed by atoms with Gasteiger partial charge in [-0.25, -0.2) is 8.42 Å². The van der Waals surface area contributed by atoms with Crippen LogP contribution in [0.4, 0.5) is 5.69 Å². The normalized spacial score (nSPS) is 11.1. The third kappa shape index (κ3) is 4.02. The van der Waals surface area contributed by atoms with Crippen molar-refractivity contribution in [2.45, 2.75) is 6.92 Å². The van der Waals surface area contributed by atoms with Crippen LogP contribution in [0.25, 0.3) is 0 Å². The summed E-state index contributed by atoms with van der Waals surface area (Å²) in [6.45, 7) is 1.62. The van der Waals surface area contributed by atoms with Gasteiger partial charge in [0, 0.05) is 25.4 Å². The van der Waals surface area contributed by atoms with E-state index in [0.717, 1.165) is 11.9 Å². The van der Waals surface area contributed by atoms with Crippen LogP contribution in [0.2, 0.25) is 0 Å². The van der Waals surface area contributed by atoms with Crippen molar-refractivity contribution in [3.8, 4) is 0 Å². The predicted octanol–water partition coefficient (Wildman–Crippen LogP) is 1.08. The highest BCUT2D eigenvalue weighted by Gasteiger charge is 2.13. The van der Waals surface area contributed by atoms with E-state index in [4.69, 9.17) is 0 Å². The minimum Gasteiger partial charge on any atom is -0.312 e. The maximum Gasteiger partial charge on any atom is 0.223 e. The SMILES string of the molecule is CC(=O)N(CCS(C)(=O)=O)c1ccccc1. The Morgan fingerprint density at radius 2 is 1.81 bits per heavy atom. The average Bonchev–Trinajstić information content (AvgIpc) is 2.17. The van der Waals surface area contributed by atoms with Crippen LogP contribution in [0.3, 0.4) is 0 Å². The second-order valence-corrected chi connectivity index (χ2v) is 5.90. The van der Waals surface area contributed by atoms with Crippen LogP contribution in [0.15, 0.2) is 30.3 Å². The Hall–Kier alpha value is -1.36. The van der Waals surface area contributed by atoms with E-state index in [2.05, 4.69) is 0 Å². The molecular formula is C11H15NO3S. The molecule has 1 aromatic rings. The molecule has 0 aliphatic rings. The molecule has 1 aromatic carbocycles. The van der Waals surface area contributed by atoms with E-state index in [0.29, 0.717) is 0 Å². The zero-order valence-corrected chi connectivity index (χ0v) is 10.2. The van der Waals surface area contributed by atoms with Crippen LogP contribution in [-0.2, 0) is 14.6 Å². The summed E-state index contributed by atoms with van der Waals surface area (Å²) in [5.41, 5.74) is 0.721. The van der Waals surface area contributed by atoms with E-state index in [9.17, 15) is 13.2 Å². The van der Waals surface area contributed by atoms with Crippen molar-refractivity contribution < 1.29 is 13.2 Å². The van der Waals surface area contributed by atoms with Gasteiger partial charge >= 0.3 is 0 Å². The molecule has 0 saturated carbocycles. The summed E-state index contributed by atoms with van der Waals surface area (Å²) in [6.07, 6.45) is 1.16. The molecule has 5 heteroatoms. The summed E-state index contributed by atoms with van der Waals surface area (Å²) in [5, 5.41) is 0. The Balaban J connectivity index is 2.81. The van der Waals surface area contributed by atoms with E-state index in [1.807, 2.05) is 18.2 Å². The molecule has 0 saturated heterocycles. The molecule has 0 aromatic heterocycles. The second kappa shape index (κ2) is 5.12. The fourth-order valence-electron chi connectivity index (χ4n) is 1.33. The Morgan fingerprint density at radius 1 is 1.25 bits per heavy atom. The van der Waals surface area contributed by atoms with E-state index in [1.165, 1.54) is 11.8 Å². The largest absolute Gasteiger partial charge is 0.312 e. The average molecular weight is 241 g/mol. The highest BCUT2D eigenvalue weighted by atomic mass is 32.2. The summed E-state index contributed by atoms with van der Waals surface area (Å²) in [7, 11) is -3.05. The number of benzene rings is 1. The highest BCUT2D eigenvalue weighted by Crippen LogP contribution is 2.13. The van der Waals surface area contributed by atoms with Gasteiger partial charge < -0.3 is 4.90 Å². The monoisotopic (exact) mass is 241 g/mol. The minimum atomic E-state index is -3.05. The minimum absolute atomic E-state index is 0.0263. The Morgan fingerprint density at radius 3 is 2.25 bits per heavy atom. The number of rotatable bonds is 4. The van der Waals surface area contributed by atoms with Gasteiger partial charge in [-0.15, -0.1) is 0 Å². The quantitative estimate of drug-likeness (QED) is 0.792. The van der Waals surface area contributed by atoms with Crippen molar-refractivity contribution in [1.29, 1.82) is 0 Å². The van der Waals surface area contributed by atoms with Crippen LogP contribution < -0.4 is 4.90 Å². The topological polar surface area (TPSA) is 54.5 Å². The molecular weight excluding hydrogens is 226 g/mol. The van der Waals surface area contributed by atoms with Crippen LogP contribution in [0.1, 0.15) is 6.92 Å². The molecule has 0 spiro atoms. The molecule has 0 aliphatic carbocycles. The van der Waals surface area contributed by atoms with Crippen molar-refractivity contribution in [3.63, 3.8) is 0 Å². The third-order valence-electron chi connectivity index (χ3n) is 2.13. The number of sulfone groups is 1. The number of carbonyl (C=O) groups excluding carboxylic acids is 1. The Bertz CT molecular complexity index is 453. The highest BCUT2D eigenvalue weighted by molar-refractivity contribution is 7.90. The van der Waals surface area contributed by atoms with Crippen LogP contribution in [-0.4, -0.2) is 32.9 Å². The standard InChI is InChI=1S/C11H15NO3S/c1-10(13)12(8-9-16(2,14)15)11-6-4-3-5-7-11/h3-7H,8-9H2,1-2H3. The van der Waals surface area contributed by atoms with E-state index >= 15 is 0 Å². The lowest BCUT2D eigenvalue weighted by Crippen LogP contribution is -2.33. The molecule has 1 amide bonds. The van der Waals surface area contributed by atoms with E-state index < -0.39 is 9.84 Å². The third-order valence-corrected chi connectivity index (χ3v) is 3.06. The molecule has 0 heterocycles. The number of carbonyl (C=O) groups is 1. The number of anilines is 1. The Kier molecular flexibility index (Phi) is 4.06. The van der Waals surface area contributed by atoms with Crippen molar-refractivity contribution in [2.75, 3.05) is 23.5 Å². The maximum absolute atomic E-state index is 11.4. The molecule has 0 aliphatic heterocycles. The summed E-state index contributed by atoms with van der Waals surface area (Å²) in [5.74, 6) is -0.184. The van der Waals surface area contributed by atoms with Crippen molar-refractivity contribution in [1.82, 2.24) is 0 Å². The number of nitrogens with zero attached hydrogens (tertiary/aromatic N) is 1. The fraction of sp³-hybridized carbons (Fsp3) is 0.364. The molecule has 0 unspecified atom stereocenters. The van der Waals surface area contributed by atoms with Gasteiger partial charge in [0.1, 0.15) is 9.84 Å². The van der Waals surface area contributed by atoms with Crippen LogP contribution >= 0.6 is 0 Å². The molecule has 16 heavy (non-hydrogen) atoms. The number of hydrogen-bond acceptors (Lipinski definition) is 3. The summed E-state index contributed by atoms with van der Waals surface area (Å²) in [4.78, 5) is 12.9. The number of para-hydroxylation sites is 1. The predicted molar refractivity (Wildman–Crippen MR) is 64.2 cm³/mol. The van der Waals surface area contributed by atoms with Gasteiger partial charge in [-0.05, 0) is 12.1 Å². The van der Waals surface area contributed by atoms with Gasteiger partial charge in [0.05, 0.1) is 5.75 Å². The summed E-state index contributed by atoms with van der Waals surface area (Å²) in [6, 6.07) is 9.03. The van der Waals surface area contributed by atoms with E-state index in [-0.39, 0.29) is 18.2 Å². The lowest BCUT2D eigenvalue weighted by atomic mass is 10.3. The zero-order valence-electron chi connectivity index (χ0n) is 9.38. The Labute approximate surface area is 95.8 Å². The molecule has 88 valence electrons. The number of amides is 1. The summed E-state index contributed by atoms with van der Waals surface area (Å²) >= 11 is 0. The molecule has 0 bridgehead atoms. The van der Waals surface area contributed by atoms with Gasteiger partial charge in [-0.1, -0.05) is 18.2 Å². The lowest BCUT2D eigenvalue weighted by molar-refractivity contribution is -0.116. The van der Waals surface area contributed by atoms with Crippen molar-refractivity contribution in [3.05, 3.63) is 30.3 Å². The molecule has 0 radical (unpaired) electrons. The van der Waals surface area contributed by atoms with E-state index in [1.54, 1.807) is 12.1 Å². The van der Waals surface area contributed by atoms with Crippen molar-refractivity contribution in [2.24, 2.45) is 0 Å². The number of hydrogen-bond donors (Lipinski definition) is 0. The molecule has 0 N–H and O–H groups in total. The smallest absolute Gasteiger partial charge is 0.223 e. The van der Waals surface area contributed by atoms with Gasteiger partial charge in [0.25, 0.3) is 0 Å². The van der Waals surface area contributed by atoms with Gasteiger partial charge in [0.15, 0.2) is 0 Å². The summed E-state index contributed by atoms with van der Waals surface area (Å²) < 4.78 is 22.1. The lowest BCUT2D eigenvalue weighted by Gasteiger charge is -2.20. The fourth-order valence-corrected chi connectivity index (χ4v) is 1.85. The van der Waals surface area contributed by atoms with Crippen LogP contribution in [0, 0.1) is 0 Å². The first-order chi connectivity index (χ1) is 7.40. The maximum atomic E-state index is 11.4. The first kappa shape index (κ1) is 12.7. The van der Waals surface area contributed by atoms with Gasteiger partial charge in [-0.3, -0.25) is 4.79 Å². The van der Waals surface area contributed by atoms with Gasteiger partial charge in [0.2, 0.25) is 5.91 Å². The van der Waals surface area contributed by atoms with Crippen LogP contribution in [0.5, 0.6) is 0 Å².